The van der Waals surface area contributed by atoms with Crippen LogP contribution in [0.2, 0.25) is 5.02 Å². The maximum absolute atomic E-state index is 12.5. The summed E-state index contributed by atoms with van der Waals surface area (Å²) < 4.78 is 0. The van der Waals surface area contributed by atoms with Gasteiger partial charge in [-0.3, -0.25) is 4.79 Å². The van der Waals surface area contributed by atoms with E-state index in [2.05, 4.69) is 10.3 Å². The van der Waals surface area contributed by atoms with E-state index in [1.165, 1.54) is 11.3 Å². The first-order valence-corrected chi connectivity index (χ1v) is 9.24. The van der Waals surface area contributed by atoms with E-state index < -0.39 is 0 Å². The standard InChI is InChI=1S/C17H15ClN2OS2/c1-10(12-3-5-14(18)6-4-12)19-16(21)15-11(2)20-17(23-15)13-7-8-22-9-13/h3-10H,1-2H3,(H,19,21). The molecule has 0 saturated heterocycles. The lowest BCUT2D eigenvalue weighted by Crippen LogP contribution is -2.26. The second-order valence-corrected chi connectivity index (χ2v) is 7.41. The number of nitrogens with one attached hydrogen (secondary N) is 1. The molecule has 0 bridgehead atoms. The highest BCUT2D eigenvalue weighted by Crippen LogP contribution is 2.29. The van der Waals surface area contributed by atoms with Gasteiger partial charge in [-0.1, -0.05) is 23.7 Å². The molecule has 0 fully saturated rings. The molecule has 2 aromatic heterocycles. The van der Waals surface area contributed by atoms with Gasteiger partial charge >= 0.3 is 0 Å². The molecule has 118 valence electrons. The predicted octanol–water partition coefficient (Wildman–Crippen LogP) is 5.32. The van der Waals surface area contributed by atoms with Crippen LogP contribution in [0.25, 0.3) is 10.6 Å². The molecule has 2 heterocycles. The molecule has 3 aromatic rings. The SMILES string of the molecule is Cc1nc(-c2ccsc2)sc1C(=O)NC(C)c1ccc(Cl)cc1. The Bertz CT molecular complexity index is 810. The van der Waals surface area contributed by atoms with Crippen LogP contribution < -0.4 is 5.32 Å². The average molecular weight is 363 g/mol. The summed E-state index contributed by atoms with van der Waals surface area (Å²) in [5, 5.41) is 8.64. The van der Waals surface area contributed by atoms with E-state index in [0.29, 0.717) is 9.90 Å². The van der Waals surface area contributed by atoms with E-state index in [1.54, 1.807) is 11.3 Å². The van der Waals surface area contributed by atoms with Crippen molar-refractivity contribution in [2.75, 3.05) is 0 Å². The van der Waals surface area contributed by atoms with Crippen LogP contribution in [0.5, 0.6) is 0 Å². The largest absolute Gasteiger partial charge is 0.345 e. The summed E-state index contributed by atoms with van der Waals surface area (Å²) in [4.78, 5) is 17.7. The number of hydrogen-bond donors (Lipinski definition) is 1. The molecule has 0 radical (unpaired) electrons. The van der Waals surface area contributed by atoms with Crippen LogP contribution in [0.4, 0.5) is 0 Å². The molecule has 1 atom stereocenters. The number of aromatic nitrogens is 1. The van der Waals surface area contributed by atoms with Crippen molar-refractivity contribution in [3.05, 3.63) is 62.2 Å². The molecule has 3 nitrogen and oxygen atoms in total. The molecule has 0 spiro atoms. The van der Waals surface area contributed by atoms with Gasteiger partial charge in [-0.15, -0.1) is 11.3 Å². The molecule has 3 rings (SSSR count). The summed E-state index contributed by atoms with van der Waals surface area (Å²) >= 11 is 8.95. The van der Waals surface area contributed by atoms with E-state index in [0.717, 1.165) is 21.8 Å². The number of benzene rings is 1. The van der Waals surface area contributed by atoms with E-state index in [9.17, 15) is 4.79 Å². The second-order valence-electron chi connectivity index (χ2n) is 5.19. The van der Waals surface area contributed by atoms with Gasteiger partial charge in [0.15, 0.2) is 0 Å². The molecular formula is C17H15ClN2OS2. The third kappa shape index (κ3) is 3.63. The summed E-state index contributed by atoms with van der Waals surface area (Å²) in [5.74, 6) is -0.0936. The van der Waals surface area contributed by atoms with Crippen LogP contribution in [0.15, 0.2) is 41.1 Å². The first kappa shape index (κ1) is 16.2. The van der Waals surface area contributed by atoms with Gasteiger partial charge in [0.1, 0.15) is 9.88 Å². The number of carbonyl (C=O) groups is 1. The molecule has 6 heteroatoms. The lowest BCUT2D eigenvalue weighted by Gasteiger charge is -2.13. The molecule has 1 unspecified atom stereocenters. The van der Waals surface area contributed by atoms with Crippen LogP contribution in [0, 0.1) is 6.92 Å². The van der Waals surface area contributed by atoms with Crippen LogP contribution in [-0.2, 0) is 0 Å². The smallest absolute Gasteiger partial charge is 0.263 e. The number of aryl methyl sites for hydroxylation is 1. The molecule has 0 aliphatic rings. The van der Waals surface area contributed by atoms with Crippen molar-refractivity contribution in [2.45, 2.75) is 19.9 Å². The molecule has 1 amide bonds. The van der Waals surface area contributed by atoms with Gasteiger partial charge in [0.25, 0.3) is 5.91 Å². The first-order valence-electron chi connectivity index (χ1n) is 7.11. The maximum Gasteiger partial charge on any atom is 0.263 e. The normalized spacial score (nSPS) is 12.1. The minimum absolute atomic E-state index is 0.0918. The van der Waals surface area contributed by atoms with Gasteiger partial charge < -0.3 is 5.32 Å². The lowest BCUT2D eigenvalue weighted by atomic mass is 10.1. The fourth-order valence-electron chi connectivity index (χ4n) is 2.21. The Kier molecular flexibility index (Phi) is 4.80. The van der Waals surface area contributed by atoms with E-state index in [1.807, 2.05) is 54.9 Å². The minimum atomic E-state index is -0.0936. The molecule has 0 aliphatic carbocycles. The number of thiazole rings is 1. The van der Waals surface area contributed by atoms with Crippen molar-refractivity contribution < 1.29 is 4.79 Å². The van der Waals surface area contributed by atoms with E-state index >= 15 is 0 Å². The lowest BCUT2D eigenvalue weighted by molar-refractivity contribution is 0.0943. The minimum Gasteiger partial charge on any atom is -0.345 e. The highest BCUT2D eigenvalue weighted by Gasteiger charge is 2.18. The Labute approximate surface area is 148 Å². The van der Waals surface area contributed by atoms with Gasteiger partial charge in [-0.05, 0) is 43.0 Å². The Morgan fingerprint density at radius 2 is 2.00 bits per heavy atom. The van der Waals surface area contributed by atoms with Gasteiger partial charge in [-0.25, -0.2) is 4.98 Å². The van der Waals surface area contributed by atoms with Crippen LogP contribution in [-0.4, -0.2) is 10.9 Å². The summed E-state index contributed by atoms with van der Waals surface area (Å²) in [5.41, 5.74) is 2.84. The highest BCUT2D eigenvalue weighted by molar-refractivity contribution is 7.17. The van der Waals surface area contributed by atoms with Crippen molar-refractivity contribution >= 4 is 40.2 Å². The van der Waals surface area contributed by atoms with E-state index in [4.69, 9.17) is 11.6 Å². The summed E-state index contributed by atoms with van der Waals surface area (Å²) in [6.07, 6.45) is 0. The average Bonchev–Trinajstić information content (AvgIpc) is 3.16. The summed E-state index contributed by atoms with van der Waals surface area (Å²) in [6.45, 7) is 3.82. The van der Waals surface area contributed by atoms with Crippen molar-refractivity contribution in [3.8, 4) is 10.6 Å². The Hall–Kier alpha value is -1.69. The quantitative estimate of drug-likeness (QED) is 0.682. The predicted molar refractivity (Wildman–Crippen MR) is 97.5 cm³/mol. The van der Waals surface area contributed by atoms with Crippen molar-refractivity contribution in [1.82, 2.24) is 10.3 Å². The number of hydrogen-bond acceptors (Lipinski definition) is 4. The van der Waals surface area contributed by atoms with Gasteiger partial charge in [0.05, 0.1) is 11.7 Å². The van der Waals surface area contributed by atoms with Gasteiger partial charge in [0, 0.05) is 16.0 Å². The molecule has 1 N–H and O–H groups in total. The zero-order chi connectivity index (χ0) is 16.4. The molecule has 1 aromatic carbocycles. The van der Waals surface area contributed by atoms with Crippen LogP contribution >= 0.6 is 34.3 Å². The maximum atomic E-state index is 12.5. The number of halogens is 1. The number of thiophene rings is 1. The second kappa shape index (κ2) is 6.83. The third-order valence-electron chi connectivity index (χ3n) is 3.49. The number of amides is 1. The first-order chi connectivity index (χ1) is 11.0. The highest BCUT2D eigenvalue weighted by atomic mass is 35.5. The summed E-state index contributed by atoms with van der Waals surface area (Å²) in [7, 11) is 0. The van der Waals surface area contributed by atoms with E-state index in [-0.39, 0.29) is 11.9 Å². The molecule has 0 aliphatic heterocycles. The molecular weight excluding hydrogens is 348 g/mol. The fourth-order valence-corrected chi connectivity index (χ4v) is 4.02. The molecule has 23 heavy (non-hydrogen) atoms. The van der Waals surface area contributed by atoms with Crippen molar-refractivity contribution in [2.24, 2.45) is 0 Å². The molecule has 0 saturated carbocycles. The zero-order valence-corrected chi connectivity index (χ0v) is 15.1. The number of rotatable bonds is 4. The Morgan fingerprint density at radius 3 is 2.65 bits per heavy atom. The van der Waals surface area contributed by atoms with Gasteiger partial charge in [-0.2, -0.15) is 11.3 Å². The number of nitrogens with zero attached hydrogens (tertiary/aromatic N) is 1. The van der Waals surface area contributed by atoms with Crippen LogP contribution in [0.3, 0.4) is 0 Å². The Morgan fingerprint density at radius 1 is 1.26 bits per heavy atom. The van der Waals surface area contributed by atoms with Crippen molar-refractivity contribution in [1.29, 1.82) is 0 Å². The summed E-state index contributed by atoms with van der Waals surface area (Å²) in [6, 6.07) is 9.41. The monoisotopic (exact) mass is 362 g/mol. The zero-order valence-electron chi connectivity index (χ0n) is 12.7. The fraction of sp³-hybridized carbons (Fsp3) is 0.176. The van der Waals surface area contributed by atoms with Crippen molar-refractivity contribution in [3.63, 3.8) is 0 Å². The van der Waals surface area contributed by atoms with Gasteiger partial charge in [0.2, 0.25) is 0 Å². The number of carbonyl (C=O) groups excluding carboxylic acids is 1. The topological polar surface area (TPSA) is 42.0 Å². The Balaban J connectivity index is 1.77. The van der Waals surface area contributed by atoms with Crippen LogP contribution in [0.1, 0.15) is 33.9 Å². The third-order valence-corrected chi connectivity index (χ3v) is 5.63.